The second-order valence-electron chi connectivity index (χ2n) is 10.0. The molecule has 0 bridgehead atoms. The molecular formula is C21H42N4O4. The van der Waals surface area contributed by atoms with Gasteiger partial charge < -0.3 is 15.6 Å². The average Bonchev–Trinajstić information content (AvgIpc) is 2.63. The van der Waals surface area contributed by atoms with Crippen LogP contribution < -0.4 is 5.73 Å². The molecule has 29 heavy (non-hydrogen) atoms. The first-order chi connectivity index (χ1) is 13.2. The van der Waals surface area contributed by atoms with Gasteiger partial charge in [-0.3, -0.25) is 24.3 Å². The molecular weight excluding hydrogens is 372 g/mol. The summed E-state index contributed by atoms with van der Waals surface area (Å²) < 4.78 is 5.48. The summed E-state index contributed by atoms with van der Waals surface area (Å²) in [6, 6.07) is -0.608. The van der Waals surface area contributed by atoms with Crippen LogP contribution in [-0.2, 0) is 14.3 Å². The van der Waals surface area contributed by atoms with Crippen LogP contribution >= 0.6 is 0 Å². The standard InChI is InChI=1S/C21H42N4O4/c1-8-16(22)24-11-9-23(15-17(26)29-21(5,6)7)10-12-25(14-13-24)18(19(27)28)20(2,3)4/h16,18H,8-15,22H2,1-7H3,(H,27,28). The molecule has 0 spiro atoms. The van der Waals surface area contributed by atoms with Crippen molar-refractivity contribution >= 4 is 11.9 Å². The Kier molecular flexibility index (Phi) is 9.53. The van der Waals surface area contributed by atoms with Gasteiger partial charge in [0.15, 0.2) is 0 Å². The first-order valence-electron chi connectivity index (χ1n) is 10.6. The molecule has 8 nitrogen and oxygen atoms in total. The van der Waals surface area contributed by atoms with Gasteiger partial charge in [0.25, 0.3) is 0 Å². The maximum absolute atomic E-state index is 12.4. The molecule has 1 fully saturated rings. The Bertz CT molecular complexity index is 542. The molecule has 0 aliphatic carbocycles. The zero-order valence-corrected chi connectivity index (χ0v) is 19.4. The topological polar surface area (TPSA) is 99.3 Å². The average molecular weight is 415 g/mol. The lowest BCUT2D eigenvalue weighted by Gasteiger charge is -2.38. The summed E-state index contributed by atoms with van der Waals surface area (Å²) >= 11 is 0. The van der Waals surface area contributed by atoms with Crippen LogP contribution in [0.2, 0.25) is 0 Å². The molecule has 2 atom stereocenters. The highest BCUT2D eigenvalue weighted by atomic mass is 16.6. The normalized spacial score (nSPS) is 21.0. The van der Waals surface area contributed by atoms with Crippen LogP contribution in [0.3, 0.4) is 0 Å². The number of carboxylic acids is 1. The van der Waals surface area contributed by atoms with E-state index in [2.05, 4.69) is 4.90 Å². The van der Waals surface area contributed by atoms with E-state index in [0.717, 1.165) is 13.0 Å². The van der Waals surface area contributed by atoms with E-state index in [9.17, 15) is 14.7 Å². The lowest BCUT2D eigenvalue weighted by molar-refractivity contribution is -0.156. The lowest BCUT2D eigenvalue weighted by atomic mass is 9.85. The number of ether oxygens (including phenoxy) is 1. The number of nitrogens with two attached hydrogens (primary N) is 1. The van der Waals surface area contributed by atoms with Gasteiger partial charge in [-0.05, 0) is 32.6 Å². The van der Waals surface area contributed by atoms with Crippen LogP contribution in [0.1, 0.15) is 54.9 Å². The Hall–Kier alpha value is -1.22. The molecule has 2 unspecified atom stereocenters. The van der Waals surface area contributed by atoms with Gasteiger partial charge in [-0.15, -0.1) is 0 Å². The zero-order chi connectivity index (χ0) is 22.4. The fourth-order valence-corrected chi connectivity index (χ4v) is 3.77. The summed E-state index contributed by atoms with van der Waals surface area (Å²) in [5, 5.41) is 9.89. The molecule has 1 saturated heterocycles. The third kappa shape index (κ3) is 8.99. The van der Waals surface area contributed by atoms with Crippen molar-refractivity contribution in [3.05, 3.63) is 0 Å². The molecule has 170 valence electrons. The number of esters is 1. The van der Waals surface area contributed by atoms with E-state index in [-0.39, 0.29) is 18.7 Å². The molecule has 1 aliphatic rings. The van der Waals surface area contributed by atoms with Gasteiger partial charge >= 0.3 is 11.9 Å². The van der Waals surface area contributed by atoms with E-state index in [1.54, 1.807) is 0 Å². The molecule has 0 saturated carbocycles. The summed E-state index contributed by atoms with van der Waals surface area (Å²) in [4.78, 5) is 30.7. The van der Waals surface area contributed by atoms with Gasteiger partial charge in [0, 0.05) is 39.3 Å². The molecule has 0 aromatic rings. The summed E-state index contributed by atoms with van der Waals surface area (Å²) in [6.45, 7) is 17.6. The monoisotopic (exact) mass is 414 g/mol. The fourth-order valence-electron chi connectivity index (χ4n) is 3.77. The summed E-state index contributed by atoms with van der Waals surface area (Å²) in [5.41, 5.74) is 5.36. The van der Waals surface area contributed by atoms with Gasteiger partial charge in [0.05, 0.1) is 12.7 Å². The number of hydrogen-bond acceptors (Lipinski definition) is 7. The first-order valence-corrected chi connectivity index (χ1v) is 10.6. The number of nitrogens with zero attached hydrogens (tertiary/aromatic N) is 3. The van der Waals surface area contributed by atoms with Gasteiger partial charge in [0.2, 0.25) is 0 Å². The van der Waals surface area contributed by atoms with E-state index < -0.39 is 23.0 Å². The van der Waals surface area contributed by atoms with Crippen molar-refractivity contribution in [1.29, 1.82) is 0 Å². The molecule has 8 heteroatoms. The minimum Gasteiger partial charge on any atom is -0.480 e. The number of carbonyl (C=O) groups is 2. The highest BCUT2D eigenvalue weighted by Gasteiger charge is 2.37. The third-order valence-electron chi connectivity index (χ3n) is 5.16. The third-order valence-corrected chi connectivity index (χ3v) is 5.16. The Balaban J connectivity index is 3.01. The SMILES string of the molecule is CCC(N)N1CCN(CC(=O)OC(C)(C)C)CCN(C(C(=O)O)C(C)(C)C)CC1. The largest absolute Gasteiger partial charge is 0.480 e. The lowest BCUT2D eigenvalue weighted by Crippen LogP contribution is -2.53. The van der Waals surface area contributed by atoms with Crippen LogP contribution in [-0.4, -0.2) is 95.4 Å². The van der Waals surface area contributed by atoms with Crippen molar-refractivity contribution in [2.45, 2.75) is 72.7 Å². The fraction of sp³-hybridized carbons (Fsp3) is 0.905. The Labute approximate surface area is 176 Å². The van der Waals surface area contributed by atoms with Crippen molar-refractivity contribution in [2.75, 3.05) is 45.8 Å². The summed E-state index contributed by atoms with van der Waals surface area (Å²) in [6.07, 6.45) is 0.726. The summed E-state index contributed by atoms with van der Waals surface area (Å²) in [5.74, 6) is -1.08. The van der Waals surface area contributed by atoms with Gasteiger partial charge in [-0.25, -0.2) is 0 Å². The molecule has 1 rings (SSSR count). The Morgan fingerprint density at radius 2 is 1.45 bits per heavy atom. The van der Waals surface area contributed by atoms with E-state index in [1.165, 1.54) is 0 Å². The van der Waals surface area contributed by atoms with Gasteiger partial charge in [0.1, 0.15) is 11.6 Å². The number of carbonyl (C=O) groups excluding carboxylic acids is 1. The molecule has 1 aliphatic heterocycles. The first kappa shape index (κ1) is 25.8. The second kappa shape index (κ2) is 10.7. The number of hydrogen-bond donors (Lipinski definition) is 2. The maximum atomic E-state index is 12.4. The van der Waals surface area contributed by atoms with Gasteiger partial charge in [-0.2, -0.15) is 0 Å². The quantitative estimate of drug-likeness (QED) is 0.630. The highest BCUT2D eigenvalue weighted by molar-refractivity contribution is 5.74. The Morgan fingerprint density at radius 3 is 1.90 bits per heavy atom. The van der Waals surface area contributed by atoms with Crippen LogP contribution in [0.15, 0.2) is 0 Å². The van der Waals surface area contributed by atoms with Crippen molar-refractivity contribution in [2.24, 2.45) is 11.1 Å². The van der Waals surface area contributed by atoms with E-state index >= 15 is 0 Å². The van der Waals surface area contributed by atoms with Crippen molar-refractivity contribution < 1.29 is 19.4 Å². The van der Waals surface area contributed by atoms with Crippen LogP contribution in [0.4, 0.5) is 0 Å². The van der Waals surface area contributed by atoms with Crippen LogP contribution in [0.25, 0.3) is 0 Å². The molecule has 3 N–H and O–H groups in total. The number of rotatable bonds is 6. The smallest absolute Gasteiger partial charge is 0.321 e. The molecule has 0 aromatic heterocycles. The number of carboxylic acid groups (broad SMARTS) is 1. The minimum atomic E-state index is -0.818. The summed E-state index contributed by atoms with van der Waals surface area (Å²) in [7, 11) is 0. The molecule has 0 aromatic carbocycles. The molecule has 0 radical (unpaired) electrons. The predicted octanol–water partition coefficient (Wildman–Crippen LogP) is 1.44. The van der Waals surface area contributed by atoms with Crippen LogP contribution in [0, 0.1) is 5.41 Å². The molecule has 1 heterocycles. The molecule has 0 amide bonds. The van der Waals surface area contributed by atoms with E-state index in [4.69, 9.17) is 10.5 Å². The van der Waals surface area contributed by atoms with Gasteiger partial charge in [-0.1, -0.05) is 27.7 Å². The highest BCUT2D eigenvalue weighted by Crippen LogP contribution is 2.25. The zero-order valence-electron chi connectivity index (χ0n) is 19.4. The van der Waals surface area contributed by atoms with Crippen LogP contribution in [0.5, 0.6) is 0 Å². The minimum absolute atomic E-state index is 0.0868. The van der Waals surface area contributed by atoms with Crippen molar-refractivity contribution in [3.63, 3.8) is 0 Å². The Morgan fingerprint density at radius 1 is 0.966 bits per heavy atom. The number of aliphatic carboxylic acids is 1. The van der Waals surface area contributed by atoms with Crippen molar-refractivity contribution in [1.82, 2.24) is 14.7 Å². The second-order valence-corrected chi connectivity index (χ2v) is 10.0. The van der Waals surface area contributed by atoms with E-state index in [1.807, 2.05) is 58.3 Å². The predicted molar refractivity (Wildman–Crippen MR) is 115 cm³/mol. The van der Waals surface area contributed by atoms with E-state index in [0.29, 0.717) is 32.7 Å². The van der Waals surface area contributed by atoms with Crippen molar-refractivity contribution in [3.8, 4) is 0 Å². The maximum Gasteiger partial charge on any atom is 0.321 e.